The molecule has 4 aromatic rings. The fourth-order valence-electron chi connectivity index (χ4n) is 4.25. The standard InChI is InChI=1S/C26H25FN6O2/c27-20-6-3-5-19(17-20)23-31-26(35-32-23)22-8-4-13-29-24(22)33-15-10-18(11-16-33)25(34)30-14-9-21-7-1-2-12-28-21/h1-8,12-13,17-18H,9-11,14-16H2,(H,30,34). The van der Waals surface area contributed by atoms with Crippen molar-refractivity contribution in [3.63, 3.8) is 0 Å². The average molecular weight is 473 g/mol. The zero-order valence-electron chi connectivity index (χ0n) is 19.1. The van der Waals surface area contributed by atoms with Crippen LogP contribution in [0.15, 0.2) is 71.5 Å². The van der Waals surface area contributed by atoms with Gasteiger partial charge < -0.3 is 14.7 Å². The number of hydrogen-bond donors (Lipinski definition) is 1. The summed E-state index contributed by atoms with van der Waals surface area (Å²) in [6.45, 7) is 1.95. The molecule has 8 nitrogen and oxygen atoms in total. The average Bonchev–Trinajstić information content (AvgIpc) is 3.40. The summed E-state index contributed by atoms with van der Waals surface area (Å²) in [6.07, 6.45) is 5.65. The van der Waals surface area contributed by atoms with E-state index in [1.165, 1.54) is 12.1 Å². The highest BCUT2D eigenvalue weighted by Gasteiger charge is 2.27. The van der Waals surface area contributed by atoms with Crippen LogP contribution in [-0.2, 0) is 11.2 Å². The van der Waals surface area contributed by atoms with Gasteiger partial charge in [0.2, 0.25) is 11.7 Å². The van der Waals surface area contributed by atoms with Crippen molar-refractivity contribution in [2.75, 3.05) is 24.5 Å². The molecule has 1 aromatic carbocycles. The van der Waals surface area contributed by atoms with Crippen LogP contribution in [0.1, 0.15) is 18.5 Å². The van der Waals surface area contributed by atoms with Gasteiger partial charge >= 0.3 is 0 Å². The molecule has 1 N–H and O–H groups in total. The van der Waals surface area contributed by atoms with E-state index in [0.717, 1.165) is 24.4 Å². The molecule has 4 heterocycles. The monoisotopic (exact) mass is 472 g/mol. The number of carbonyl (C=O) groups excluding carboxylic acids is 1. The lowest BCUT2D eigenvalue weighted by Gasteiger charge is -2.32. The minimum Gasteiger partial charge on any atom is -0.356 e. The van der Waals surface area contributed by atoms with Gasteiger partial charge in [-0.25, -0.2) is 9.37 Å². The first-order chi connectivity index (χ1) is 17.2. The molecule has 1 aliphatic heterocycles. The predicted molar refractivity (Wildman–Crippen MR) is 129 cm³/mol. The van der Waals surface area contributed by atoms with E-state index >= 15 is 0 Å². The van der Waals surface area contributed by atoms with E-state index in [4.69, 9.17) is 4.52 Å². The predicted octanol–water partition coefficient (Wildman–Crippen LogP) is 3.91. The molecular formula is C26H25FN6O2. The van der Waals surface area contributed by atoms with Crippen LogP contribution in [0.25, 0.3) is 22.8 Å². The number of benzene rings is 1. The topological polar surface area (TPSA) is 97.0 Å². The Morgan fingerprint density at radius 1 is 1.06 bits per heavy atom. The highest BCUT2D eigenvalue weighted by atomic mass is 19.1. The number of amides is 1. The van der Waals surface area contributed by atoms with Crippen LogP contribution < -0.4 is 10.2 Å². The van der Waals surface area contributed by atoms with E-state index in [1.54, 1.807) is 24.5 Å². The maximum Gasteiger partial charge on any atom is 0.261 e. The van der Waals surface area contributed by atoms with Gasteiger partial charge in [-0.1, -0.05) is 23.4 Å². The molecule has 0 unspecified atom stereocenters. The number of hydrogen-bond acceptors (Lipinski definition) is 7. The number of anilines is 1. The Morgan fingerprint density at radius 3 is 2.71 bits per heavy atom. The highest BCUT2D eigenvalue weighted by molar-refractivity contribution is 5.79. The van der Waals surface area contributed by atoms with Crippen LogP contribution in [0, 0.1) is 11.7 Å². The molecule has 35 heavy (non-hydrogen) atoms. The van der Waals surface area contributed by atoms with Gasteiger partial charge in [0.05, 0.1) is 5.56 Å². The van der Waals surface area contributed by atoms with E-state index in [2.05, 4.69) is 30.3 Å². The number of halogens is 1. The summed E-state index contributed by atoms with van der Waals surface area (Å²) in [7, 11) is 0. The van der Waals surface area contributed by atoms with Gasteiger partial charge in [-0.2, -0.15) is 4.98 Å². The largest absolute Gasteiger partial charge is 0.356 e. The van der Waals surface area contributed by atoms with E-state index in [0.29, 0.717) is 48.9 Å². The third-order valence-electron chi connectivity index (χ3n) is 6.10. The number of rotatable bonds is 7. The maximum absolute atomic E-state index is 13.6. The molecule has 0 bridgehead atoms. The SMILES string of the molecule is O=C(NCCc1ccccn1)C1CCN(c2ncccc2-c2nc(-c3cccc(F)c3)no2)CC1. The number of nitrogens with one attached hydrogen (secondary N) is 1. The molecule has 1 fully saturated rings. The van der Waals surface area contributed by atoms with Crippen LogP contribution >= 0.6 is 0 Å². The van der Waals surface area contributed by atoms with E-state index in [-0.39, 0.29) is 17.6 Å². The van der Waals surface area contributed by atoms with Crippen LogP contribution in [0.4, 0.5) is 10.2 Å². The lowest BCUT2D eigenvalue weighted by atomic mass is 9.95. The molecule has 178 valence electrons. The number of piperidine rings is 1. The molecule has 0 radical (unpaired) electrons. The molecular weight excluding hydrogens is 447 g/mol. The molecule has 3 aromatic heterocycles. The molecule has 9 heteroatoms. The fourth-order valence-corrected chi connectivity index (χ4v) is 4.25. The minimum absolute atomic E-state index is 0.0369. The number of carbonyl (C=O) groups is 1. The van der Waals surface area contributed by atoms with Crippen molar-refractivity contribution in [3.05, 3.63) is 78.5 Å². The summed E-state index contributed by atoms with van der Waals surface area (Å²) < 4.78 is 19.1. The molecule has 0 atom stereocenters. The Balaban J connectivity index is 1.21. The fraction of sp³-hybridized carbons (Fsp3) is 0.269. The van der Waals surface area contributed by atoms with Crippen molar-refractivity contribution in [1.29, 1.82) is 0 Å². The van der Waals surface area contributed by atoms with Gasteiger partial charge in [0.25, 0.3) is 5.89 Å². The molecule has 1 saturated heterocycles. The molecule has 5 rings (SSSR count). The summed E-state index contributed by atoms with van der Waals surface area (Å²) in [5, 5.41) is 7.06. The normalized spacial score (nSPS) is 14.1. The van der Waals surface area contributed by atoms with Gasteiger partial charge in [0, 0.05) is 55.6 Å². The Labute approximate surface area is 202 Å². The number of nitrogens with zero attached hydrogens (tertiary/aromatic N) is 5. The molecule has 1 aliphatic rings. The second-order valence-electron chi connectivity index (χ2n) is 8.43. The Hall–Kier alpha value is -4.14. The molecule has 0 saturated carbocycles. The van der Waals surface area contributed by atoms with Crippen molar-refractivity contribution >= 4 is 11.7 Å². The summed E-state index contributed by atoms with van der Waals surface area (Å²) >= 11 is 0. The van der Waals surface area contributed by atoms with Gasteiger partial charge in [-0.15, -0.1) is 0 Å². The van der Waals surface area contributed by atoms with Crippen LogP contribution in [0.3, 0.4) is 0 Å². The smallest absolute Gasteiger partial charge is 0.261 e. The summed E-state index contributed by atoms with van der Waals surface area (Å²) in [5.74, 6) is 1.05. The van der Waals surface area contributed by atoms with Crippen LogP contribution in [0.2, 0.25) is 0 Å². The van der Waals surface area contributed by atoms with E-state index < -0.39 is 0 Å². The van der Waals surface area contributed by atoms with Gasteiger partial charge in [-0.3, -0.25) is 9.78 Å². The second kappa shape index (κ2) is 10.4. The van der Waals surface area contributed by atoms with Crippen molar-refractivity contribution in [3.8, 4) is 22.8 Å². The Kier molecular flexibility index (Phi) is 6.74. The lowest BCUT2D eigenvalue weighted by molar-refractivity contribution is -0.125. The maximum atomic E-state index is 13.6. The summed E-state index contributed by atoms with van der Waals surface area (Å²) in [6, 6.07) is 15.5. The number of pyridine rings is 2. The zero-order chi connectivity index (χ0) is 24.0. The van der Waals surface area contributed by atoms with Crippen molar-refractivity contribution in [2.24, 2.45) is 5.92 Å². The minimum atomic E-state index is -0.362. The third kappa shape index (κ3) is 5.34. The lowest BCUT2D eigenvalue weighted by Crippen LogP contribution is -2.41. The van der Waals surface area contributed by atoms with Crippen molar-refractivity contribution < 1.29 is 13.7 Å². The van der Waals surface area contributed by atoms with E-state index in [1.807, 2.05) is 30.3 Å². The van der Waals surface area contributed by atoms with Gasteiger partial charge in [0.15, 0.2) is 0 Å². The molecule has 0 aliphatic carbocycles. The molecule has 0 spiro atoms. The van der Waals surface area contributed by atoms with Crippen molar-refractivity contribution in [1.82, 2.24) is 25.4 Å². The molecule has 1 amide bonds. The Bertz CT molecular complexity index is 1290. The second-order valence-corrected chi connectivity index (χ2v) is 8.43. The number of aromatic nitrogens is 4. The third-order valence-corrected chi connectivity index (χ3v) is 6.10. The van der Waals surface area contributed by atoms with E-state index in [9.17, 15) is 9.18 Å². The van der Waals surface area contributed by atoms with Crippen LogP contribution in [-0.4, -0.2) is 45.7 Å². The first-order valence-electron chi connectivity index (χ1n) is 11.6. The van der Waals surface area contributed by atoms with Crippen molar-refractivity contribution in [2.45, 2.75) is 19.3 Å². The van der Waals surface area contributed by atoms with Crippen LogP contribution in [0.5, 0.6) is 0 Å². The van der Waals surface area contributed by atoms with Gasteiger partial charge in [-0.05, 0) is 49.2 Å². The van der Waals surface area contributed by atoms with Gasteiger partial charge in [0.1, 0.15) is 11.6 Å². The summed E-state index contributed by atoms with van der Waals surface area (Å²) in [4.78, 5) is 28.1. The Morgan fingerprint density at radius 2 is 1.91 bits per heavy atom. The first-order valence-corrected chi connectivity index (χ1v) is 11.6. The quantitative estimate of drug-likeness (QED) is 0.436. The first kappa shape index (κ1) is 22.6. The highest BCUT2D eigenvalue weighted by Crippen LogP contribution is 2.32. The summed E-state index contributed by atoms with van der Waals surface area (Å²) in [5.41, 5.74) is 2.22. The zero-order valence-corrected chi connectivity index (χ0v) is 19.1.